The lowest BCUT2D eigenvalue weighted by Gasteiger charge is -1.90. The molecule has 0 fully saturated rings. The molecular weight excluding hydrogens is 272 g/mol. The molecule has 4 heteroatoms. The molecule has 0 radical (unpaired) electrons. The zero-order valence-electron chi connectivity index (χ0n) is 8.34. The van der Waals surface area contributed by atoms with Gasteiger partial charge in [-0.05, 0) is 52.3 Å². The Morgan fingerprint density at radius 3 is 1.44 bits per heavy atom. The maximum atomic E-state index is 8.87. The highest BCUT2D eigenvalue weighted by Crippen LogP contribution is 2.21. The fourth-order valence-corrected chi connectivity index (χ4v) is 1.19. The number of phenolic OH excluding ortho intramolecular Hbond substituents is 3. The summed E-state index contributed by atoms with van der Waals surface area (Å²) in [6, 6.07) is 12.7. The number of hydrogen-bond acceptors (Lipinski definition) is 3. The second-order valence-electron chi connectivity index (χ2n) is 2.97. The monoisotopic (exact) mass is 282 g/mol. The minimum atomic E-state index is 0.169. The number of hydrogen-bond donors (Lipinski definition) is 3. The first-order valence-electron chi connectivity index (χ1n) is 4.51. The van der Waals surface area contributed by atoms with Gasteiger partial charge in [0.1, 0.15) is 17.2 Å². The Kier molecular flexibility index (Phi) is 4.66. The molecule has 0 unspecified atom stereocenters. The fraction of sp³-hybridized carbons (Fsp3) is 0. The Labute approximate surface area is 102 Å². The second kappa shape index (κ2) is 6.02. The van der Waals surface area contributed by atoms with Crippen LogP contribution in [0.4, 0.5) is 0 Å². The Hall–Kier alpha value is -1.68. The molecular formula is C12H11BrO3. The van der Waals surface area contributed by atoms with Gasteiger partial charge in [0.15, 0.2) is 0 Å². The van der Waals surface area contributed by atoms with Crippen molar-refractivity contribution in [1.29, 1.82) is 0 Å². The van der Waals surface area contributed by atoms with Gasteiger partial charge in [-0.2, -0.15) is 0 Å². The van der Waals surface area contributed by atoms with E-state index < -0.39 is 0 Å². The maximum absolute atomic E-state index is 8.87. The summed E-state index contributed by atoms with van der Waals surface area (Å²) >= 11 is 3.15. The summed E-state index contributed by atoms with van der Waals surface area (Å²) in [4.78, 5) is 0. The Morgan fingerprint density at radius 1 is 0.688 bits per heavy atom. The molecule has 0 amide bonds. The predicted octanol–water partition coefficient (Wildman–Crippen LogP) is 3.25. The van der Waals surface area contributed by atoms with E-state index in [0.717, 1.165) is 4.47 Å². The first-order valence-corrected chi connectivity index (χ1v) is 5.30. The third-order valence-electron chi connectivity index (χ3n) is 1.70. The van der Waals surface area contributed by atoms with Crippen LogP contribution in [0.1, 0.15) is 0 Å². The molecule has 0 aliphatic carbocycles. The maximum Gasteiger partial charge on any atom is 0.129 e. The minimum Gasteiger partial charge on any atom is -0.508 e. The Balaban J connectivity index is 0.000000160. The van der Waals surface area contributed by atoms with Crippen LogP contribution in [0.15, 0.2) is 53.0 Å². The number of para-hydroxylation sites is 1. The van der Waals surface area contributed by atoms with Crippen molar-refractivity contribution in [3.05, 3.63) is 53.0 Å². The van der Waals surface area contributed by atoms with E-state index in [1.807, 2.05) is 6.07 Å². The Morgan fingerprint density at radius 2 is 1.12 bits per heavy atom. The number of rotatable bonds is 0. The third-order valence-corrected chi connectivity index (χ3v) is 2.37. The van der Waals surface area contributed by atoms with Gasteiger partial charge in [0.05, 0.1) is 4.47 Å². The molecule has 0 saturated heterocycles. The van der Waals surface area contributed by atoms with E-state index in [2.05, 4.69) is 15.9 Å². The normalized spacial score (nSPS) is 9.06. The molecule has 2 aromatic rings. The molecule has 0 bridgehead atoms. The summed E-state index contributed by atoms with van der Waals surface area (Å²) in [5.41, 5.74) is 0. The summed E-state index contributed by atoms with van der Waals surface area (Å²) in [6.07, 6.45) is 0. The second-order valence-corrected chi connectivity index (χ2v) is 3.82. The van der Waals surface area contributed by atoms with Crippen LogP contribution >= 0.6 is 15.9 Å². The van der Waals surface area contributed by atoms with Gasteiger partial charge in [0, 0.05) is 0 Å². The molecule has 16 heavy (non-hydrogen) atoms. The lowest BCUT2D eigenvalue weighted by atomic mass is 10.3. The van der Waals surface area contributed by atoms with Gasteiger partial charge in [0.25, 0.3) is 0 Å². The van der Waals surface area contributed by atoms with Crippen LogP contribution in [0.25, 0.3) is 0 Å². The van der Waals surface area contributed by atoms with Crippen molar-refractivity contribution in [2.45, 2.75) is 0 Å². The lowest BCUT2D eigenvalue weighted by molar-refractivity contribution is 0.460. The molecule has 2 rings (SSSR count). The minimum absolute atomic E-state index is 0.169. The molecule has 2 aromatic carbocycles. The van der Waals surface area contributed by atoms with Crippen LogP contribution in [0, 0.1) is 0 Å². The first-order chi connectivity index (χ1) is 7.59. The molecule has 0 spiro atoms. The van der Waals surface area contributed by atoms with Gasteiger partial charge in [-0.1, -0.05) is 12.1 Å². The predicted molar refractivity (Wildman–Crippen MR) is 65.6 cm³/mol. The van der Waals surface area contributed by atoms with E-state index in [1.54, 1.807) is 18.2 Å². The molecule has 0 aromatic heterocycles. The van der Waals surface area contributed by atoms with E-state index in [9.17, 15) is 0 Å². The van der Waals surface area contributed by atoms with Crippen LogP contribution in [-0.2, 0) is 0 Å². The Bertz CT molecular complexity index is 398. The average Bonchev–Trinajstić information content (AvgIpc) is 2.28. The molecule has 0 atom stereocenters. The largest absolute Gasteiger partial charge is 0.508 e. The summed E-state index contributed by atoms with van der Waals surface area (Å²) in [5, 5.41) is 26.2. The highest BCUT2D eigenvalue weighted by Gasteiger charge is 1.89. The van der Waals surface area contributed by atoms with Gasteiger partial charge in [-0.25, -0.2) is 0 Å². The standard InChI is InChI=1S/C6H5BrO.C6H6O2/c7-5-3-1-2-4-6(5)8;7-5-1-2-6(8)4-3-5/h1-4,8H;1-4,7-8H. The topological polar surface area (TPSA) is 60.7 Å². The molecule has 0 heterocycles. The van der Waals surface area contributed by atoms with E-state index in [-0.39, 0.29) is 17.2 Å². The van der Waals surface area contributed by atoms with E-state index in [1.165, 1.54) is 24.3 Å². The van der Waals surface area contributed by atoms with Gasteiger partial charge < -0.3 is 15.3 Å². The van der Waals surface area contributed by atoms with E-state index in [0.29, 0.717) is 0 Å². The van der Waals surface area contributed by atoms with Crippen LogP contribution in [0.3, 0.4) is 0 Å². The van der Waals surface area contributed by atoms with Crippen LogP contribution in [0.5, 0.6) is 17.2 Å². The van der Waals surface area contributed by atoms with Crippen molar-refractivity contribution in [2.24, 2.45) is 0 Å². The number of benzene rings is 2. The van der Waals surface area contributed by atoms with Gasteiger partial charge >= 0.3 is 0 Å². The van der Waals surface area contributed by atoms with E-state index >= 15 is 0 Å². The van der Waals surface area contributed by atoms with Gasteiger partial charge in [-0.3, -0.25) is 0 Å². The van der Waals surface area contributed by atoms with Crippen LogP contribution in [-0.4, -0.2) is 15.3 Å². The van der Waals surface area contributed by atoms with Crippen LogP contribution in [0.2, 0.25) is 0 Å². The molecule has 3 nitrogen and oxygen atoms in total. The highest BCUT2D eigenvalue weighted by molar-refractivity contribution is 9.10. The van der Waals surface area contributed by atoms with Crippen molar-refractivity contribution in [2.75, 3.05) is 0 Å². The van der Waals surface area contributed by atoms with Crippen LogP contribution < -0.4 is 0 Å². The highest BCUT2D eigenvalue weighted by atomic mass is 79.9. The van der Waals surface area contributed by atoms with Crippen molar-refractivity contribution in [1.82, 2.24) is 0 Å². The summed E-state index contributed by atoms with van der Waals surface area (Å²) in [6.45, 7) is 0. The molecule has 0 aliphatic rings. The zero-order chi connectivity index (χ0) is 12.0. The SMILES string of the molecule is Oc1ccc(O)cc1.Oc1ccccc1Br. The lowest BCUT2D eigenvalue weighted by Crippen LogP contribution is -1.63. The van der Waals surface area contributed by atoms with Gasteiger partial charge in [-0.15, -0.1) is 0 Å². The number of aromatic hydroxyl groups is 3. The summed E-state index contributed by atoms with van der Waals surface area (Å²) in [7, 11) is 0. The molecule has 0 aliphatic heterocycles. The molecule has 3 N–H and O–H groups in total. The summed E-state index contributed by atoms with van der Waals surface area (Å²) < 4.78 is 0.736. The zero-order valence-corrected chi connectivity index (χ0v) is 9.92. The fourth-order valence-electron chi connectivity index (χ4n) is 0.904. The van der Waals surface area contributed by atoms with Crippen molar-refractivity contribution in [3.63, 3.8) is 0 Å². The van der Waals surface area contributed by atoms with Crippen molar-refractivity contribution in [3.8, 4) is 17.2 Å². The number of halogens is 1. The quantitative estimate of drug-likeness (QED) is 0.650. The van der Waals surface area contributed by atoms with Crippen molar-refractivity contribution >= 4 is 15.9 Å². The average molecular weight is 283 g/mol. The first kappa shape index (κ1) is 12.4. The molecule has 0 saturated carbocycles. The molecule has 84 valence electrons. The number of phenols is 3. The summed E-state index contributed by atoms with van der Waals surface area (Å²) in [5.74, 6) is 0.623. The third kappa shape index (κ3) is 4.23. The smallest absolute Gasteiger partial charge is 0.129 e. The van der Waals surface area contributed by atoms with E-state index in [4.69, 9.17) is 15.3 Å². The van der Waals surface area contributed by atoms with Crippen molar-refractivity contribution < 1.29 is 15.3 Å². The van der Waals surface area contributed by atoms with Gasteiger partial charge in [0.2, 0.25) is 0 Å².